The zero-order chi connectivity index (χ0) is 34.3. The number of nitrogens with zero attached hydrogens (tertiary/aromatic N) is 2. The number of aryl methyl sites for hydroxylation is 4. The number of carbonyl (C=O) groups excluding carboxylic acids is 2. The summed E-state index contributed by atoms with van der Waals surface area (Å²) in [5.41, 5.74) is 5.90. The molecule has 1 saturated carbocycles. The highest BCUT2D eigenvalue weighted by atomic mass is 32.2. The van der Waals surface area contributed by atoms with Crippen LogP contribution in [0.3, 0.4) is 0 Å². The van der Waals surface area contributed by atoms with Crippen LogP contribution in [0.15, 0.2) is 102 Å². The van der Waals surface area contributed by atoms with Gasteiger partial charge in [-0.1, -0.05) is 115 Å². The second-order valence-electron chi connectivity index (χ2n) is 13.2. The van der Waals surface area contributed by atoms with Crippen LogP contribution in [0.4, 0.5) is 5.69 Å². The Morgan fingerprint density at radius 2 is 1.40 bits per heavy atom. The first-order valence-corrected chi connectivity index (χ1v) is 18.3. The van der Waals surface area contributed by atoms with Gasteiger partial charge in [-0.3, -0.25) is 13.9 Å². The van der Waals surface area contributed by atoms with Gasteiger partial charge in [0, 0.05) is 19.0 Å². The maximum absolute atomic E-state index is 14.8. The van der Waals surface area contributed by atoms with Crippen molar-refractivity contribution in [1.29, 1.82) is 0 Å². The summed E-state index contributed by atoms with van der Waals surface area (Å²) in [6.45, 7) is 7.38. The molecule has 0 spiro atoms. The molecule has 1 N–H and O–H groups in total. The highest BCUT2D eigenvalue weighted by molar-refractivity contribution is 7.92. The van der Waals surface area contributed by atoms with Crippen molar-refractivity contribution in [2.24, 2.45) is 0 Å². The Morgan fingerprint density at radius 1 is 0.750 bits per heavy atom. The van der Waals surface area contributed by atoms with Crippen molar-refractivity contribution in [3.63, 3.8) is 0 Å². The van der Waals surface area contributed by atoms with Crippen molar-refractivity contribution in [3.8, 4) is 0 Å². The number of nitrogens with one attached hydrogen (secondary N) is 1. The Hall–Kier alpha value is -4.43. The number of carbonyl (C=O) groups is 2. The van der Waals surface area contributed by atoms with E-state index in [0.717, 1.165) is 65.5 Å². The first-order chi connectivity index (χ1) is 23.0. The summed E-state index contributed by atoms with van der Waals surface area (Å²) in [6.07, 6.45) is 5.38. The number of sulfonamides is 1. The second-order valence-corrected chi connectivity index (χ2v) is 15.0. The monoisotopic (exact) mass is 665 g/mol. The van der Waals surface area contributed by atoms with E-state index in [1.165, 1.54) is 4.31 Å². The molecular formula is C40H47N3O4S. The van der Waals surface area contributed by atoms with E-state index in [0.29, 0.717) is 12.1 Å². The molecule has 0 saturated heterocycles. The highest BCUT2D eigenvalue weighted by Gasteiger charge is 2.36. The number of benzene rings is 4. The Morgan fingerprint density at radius 3 is 2.06 bits per heavy atom. The zero-order valence-electron chi connectivity index (χ0n) is 28.5. The third-order valence-corrected chi connectivity index (χ3v) is 10.9. The highest BCUT2D eigenvalue weighted by Crippen LogP contribution is 2.29. The molecule has 4 aromatic rings. The van der Waals surface area contributed by atoms with Crippen molar-refractivity contribution in [2.45, 2.75) is 89.7 Å². The standard InChI is InChI=1S/C40H47N3O4S/c1-29-18-21-36(22-19-29)48(46,47)43(37-23-20-31(3)24-32(37)4)28-39(44)42(27-34-15-11-12-30(2)25-34)38(26-33-13-7-5-8-14-33)40(45)41-35-16-9-6-10-17-35/h5,7-8,11-15,18-25,35,38H,6,9-10,16-17,26-28H2,1-4H3,(H,41,45)/t38-/m0/s1. The molecule has 2 amide bonds. The molecule has 0 heterocycles. The Bertz CT molecular complexity index is 1820. The summed E-state index contributed by atoms with van der Waals surface area (Å²) in [7, 11) is -4.16. The van der Waals surface area contributed by atoms with Crippen LogP contribution in [0.5, 0.6) is 0 Å². The molecule has 252 valence electrons. The number of amides is 2. The van der Waals surface area contributed by atoms with Crippen molar-refractivity contribution in [1.82, 2.24) is 10.2 Å². The number of rotatable bonds is 12. The largest absolute Gasteiger partial charge is 0.352 e. The quantitative estimate of drug-likeness (QED) is 0.173. The molecule has 1 aliphatic carbocycles. The predicted molar refractivity (Wildman–Crippen MR) is 192 cm³/mol. The van der Waals surface area contributed by atoms with Gasteiger partial charge in [-0.25, -0.2) is 8.42 Å². The number of hydrogen-bond acceptors (Lipinski definition) is 4. The predicted octanol–water partition coefficient (Wildman–Crippen LogP) is 7.20. The van der Waals surface area contributed by atoms with Gasteiger partial charge < -0.3 is 10.2 Å². The Kier molecular flexibility index (Phi) is 11.4. The van der Waals surface area contributed by atoms with Crippen LogP contribution < -0.4 is 9.62 Å². The van der Waals surface area contributed by atoms with Crippen LogP contribution >= 0.6 is 0 Å². The molecule has 1 fully saturated rings. The second kappa shape index (κ2) is 15.6. The lowest BCUT2D eigenvalue weighted by molar-refractivity contribution is -0.140. The molecular weight excluding hydrogens is 619 g/mol. The fraction of sp³-hybridized carbons (Fsp3) is 0.350. The van der Waals surface area contributed by atoms with E-state index in [2.05, 4.69) is 5.32 Å². The van der Waals surface area contributed by atoms with Crippen molar-refractivity contribution in [3.05, 3.63) is 130 Å². The normalized spacial score (nSPS) is 14.2. The first kappa shape index (κ1) is 34.9. The molecule has 7 nitrogen and oxygen atoms in total. The summed E-state index contributed by atoms with van der Waals surface area (Å²) in [5.74, 6) is -0.668. The number of hydrogen-bond donors (Lipinski definition) is 1. The first-order valence-electron chi connectivity index (χ1n) is 16.9. The van der Waals surface area contributed by atoms with E-state index in [1.54, 1.807) is 35.2 Å². The molecule has 8 heteroatoms. The topological polar surface area (TPSA) is 86.8 Å². The minimum absolute atomic E-state index is 0.0501. The van der Waals surface area contributed by atoms with Crippen LogP contribution in [0.25, 0.3) is 0 Å². The molecule has 0 bridgehead atoms. The SMILES string of the molecule is Cc1ccc(S(=O)(=O)N(CC(=O)N(Cc2cccc(C)c2)[C@@H](Cc2ccccc2)C(=O)NC2CCCCC2)c2ccc(C)cc2C)cc1. The molecule has 0 aromatic heterocycles. The maximum Gasteiger partial charge on any atom is 0.264 e. The molecule has 48 heavy (non-hydrogen) atoms. The lowest BCUT2D eigenvalue weighted by atomic mass is 9.94. The average Bonchev–Trinajstić information content (AvgIpc) is 3.06. The Balaban J connectivity index is 1.58. The fourth-order valence-electron chi connectivity index (χ4n) is 6.54. The van der Waals surface area contributed by atoms with Crippen LogP contribution in [-0.4, -0.2) is 43.8 Å². The molecule has 0 aliphatic heterocycles. The van der Waals surface area contributed by atoms with Gasteiger partial charge in [-0.2, -0.15) is 0 Å². The molecule has 1 atom stereocenters. The lowest BCUT2D eigenvalue weighted by Gasteiger charge is -2.35. The van der Waals surface area contributed by atoms with E-state index in [-0.39, 0.29) is 23.4 Å². The van der Waals surface area contributed by atoms with Gasteiger partial charge in [-0.05, 0) is 75.4 Å². The molecule has 0 unspecified atom stereocenters. The third kappa shape index (κ3) is 8.72. The molecule has 4 aromatic carbocycles. The van der Waals surface area contributed by atoms with Crippen LogP contribution in [0.1, 0.15) is 65.5 Å². The number of anilines is 1. The minimum atomic E-state index is -4.16. The average molecular weight is 666 g/mol. The lowest BCUT2D eigenvalue weighted by Crippen LogP contribution is -2.55. The third-order valence-electron chi connectivity index (χ3n) is 9.17. The summed E-state index contributed by atoms with van der Waals surface area (Å²) in [5, 5.41) is 3.27. The van der Waals surface area contributed by atoms with Gasteiger partial charge in [0.25, 0.3) is 10.0 Å². The van der Waals surface area contributed by atoms with E-state index in [9.17, 15) is 18.0 Å². The smallest absolute Gasteiger partial charge is 0.264 e. The van der Waals surface area contributed by atoms with Crippen LogP contribution in [0, 0.1) is 27.7 Å². The Labute approximate surface area is 286 Å². The fourth-order valence-corrected chi connectivity index (χ4v) is 8.02. The summed E-state index contributed by atoms with van der Waals surface area (Å²) < 4.78 is 30.0. The molecule has 0 radical (unpaired) electrons. The van der Waals surface area contributed by atoms with Gasteiger partial charge in [0.1, 0.15) is 12.6 Å². The van der Waals surface area contributed by atoms with Gasteiger partial charge in [0.15, 0.2) is 0 Å². The van der Waals surface area contributed by atoms with E-state index >= 15 is 0 Å². The zero-order valence-corrected chi connectivity index (χ0v) is 29.3. The molecule has 1 aliphatic rings. The van der Waals surface area contributed by atoms with Gasteiger partial charge in [-0.15, -0.1) is 0 Å². The summed E-state index contributed by atoms with van der Waals surface area (Å²) in [6, 6.07) is 28.9. The van der Waals surface area contributed by atoms with E-state index < -0.39 is 28.5 Å². The van der Waals surface area contributed by atoms with Crippen molar-refractivity contribution >= 4 is 27.5 Å². The summed E-state index contributed by atoms with van der Waals surface area (Å²) in [4.78, 5) is 30.8. The van der Waals surface area contributed by atoms with E-state index in [4.69, 9.17) is 0 Å². The van der Waals surface area contributed by atoms with Gasteiger partial charge >= 0.3 is 0 Å². The van der Waals surface area contributed by atoms with Crippen LogP contribution in [-0.2, 0) is 32.6 Å². The maximum atomic E-state index is 14.8. The van der Waals surface area contributed by atoms with Crippen LogP contribution in [0.2, 0.25) is 0 Å². The van der Waals surface area contributed by atoms with Gasteiger partial charge in [0.05, 0.1) is 10.6 Å². The van der Waals surface area contributed by atoms with E-state index in [1.807, 2.05) is 94.4 Å². The van der Waals surface area contributed by atoms with Crippen molar-refractivity contribution in [2.75, 3.05) is 10.8 Å². The van der Waals surface area contributed by atoms with Gasteiger partial charge in [0.2, 0.25) is 11.8 Å². The molecule has 5 rings (SSSR count). The van der Waals surface area contributed by atoms with Crippen molar-refractivity contribution < 1.29 is 18.0 Å². The minimum Gasteiger partial charge on any atom is -0.352 e. The summed E-state index contributed by atoms with van der Waals surface area (Å²) >= 11 is 0.